The highest BCUT2D eigenvalue weighted by Gasteiger charge is 2.25. The van der Waals surface area contributed by atoms with E-state index < -0.39 is 5.41 Å². The maximum absolute atomic E-state index is 14.3. The molecule has 0 atom stereocenters. The number of halogens is 1. The van der Waals surface area contributed by atoms with Crippen LogP contribution in [0.4, 0.5) is 4.39 Å². The third kappa shape index (κ3) is 2.59. The lowest BCUT2D eigenvalue weighted by atomic mass is 9.80. The van der Waals surface area contributed by atoms with E-state index in [9.17, 15) is 9.50 Å². The average Bonchev–Trinajstić information content (AvgIpc) is 2.47. The molecule has 0 amide bonds. The van der Waals surface area contributed by atoms with Crippen LogP contribution >= 0.6 is 0 Å². The number of aliphatic hydroxyl groups is 1. The van der Waals surface area contributed by atoms with Crippen molar-refractivity contribution >= 4 is 0 Å². The van der Waals surface area contributed by atoms with Crippen molar-refractivity contribution in [3.05, 3.63) is 59.4 Å². The number of hydrogen-bond donors (Lipinski definition) is 1. The van der Waals surface area contributed by atoms with Crippen molar-refractivity contribution in [2.45, 2.75) is 19.3 Å². The molecule has 0 saturated carbocycles. The van der Waals surface area contributed by atoms with Crippen LogP contribution in [0.2, 0.25) is 0 Å². The van der Waals surface area contributed by atoms with Gasteiger partial charge in [0.05, 0.1) is 6.61 Å². The molecule has 20 heavy (non-hydrogen) atoms. The van der Waals surface area contributed by atoms with Crippen LogP contribution in [0.1, 0.15) is 25.0 Å². The minimum Gasteiger partial charge on any atom is -0.395 e. The molecule has 2 aromatic carbocycles. The molecular formula is C18H17FO. The van der Waals surface area contributed by atoms with Crippen LogP contribution in [0.3, 0.4) is 0 Å². The van der Waals surface area contributed by atoms with Gasteiger partial charge in [-0.2, -0.15) is 0 Å². The lowest BCUT2D eigenvalue weighted by molar-refractivity contribution is 0.218. The summed E-state index contributed by atoms with van der Waals surface area (Å²) < 4.78 is 14.3. The average molecular weight is 268 g/mol. The van der Waals surface area contributed by atoms with Crippen LogP contribution in [-0.2, 0) is 5.41 Å². The van der Waals surface area contributed by atoms with Crippen molar-refractivity contribution in [2.24, 2.45) is 0 Å². The van der Waals surface area contributed by atoms with Crippen LogP contribution in [-0.4, -0.2) is 11.7 Å². The zero-order valence-electron chi connectivity index (χ0n) is 11.7. The maximum atomic E-state index is 14.3. The van der Waals surface area contributed by atoms with Crippen molar-refractivity contribution < 1.29 is 9.50 Å². The topological polar surface area (TPSA) is 20.2 Å². The minimum absolute atomic E-state index is 0.0573. The van der Waals surface area contributed by atoms with E-state index in [1.54, 1.807) is 18.2 Å². The first-order chi connectivity index (χ1) is 9.49. The fourth-order valence-corrected chi connectivity index (χ4v) is 2.23. The van der Waals surface area contributed by atoms with Crippen molar-refractivity contribution in [3.8, 4) is 23.5 Å². The van der Waals surface area contributed by atoms with Gasteiger partial charge in [0.25, 0.3) is 0 Å². The number of hydrogen-bond acceptors (Lipinski definition) is 1. The van der Waals surface area contributed by atoms with Crippen molar-refractivity contribution in [3.63, 3.8) is 0 Å². The molecule has 0 aliphatic rings. The molecule has 0 aliphatic heterocycles. The second kappa shape index (κ2) is 5.48. The molecule has 2 heteroatoms. The van der Waals surface area contributed by atoms with Gasteiger partial charge in [-0.1, -0.05) is 44.0 Å². The van der Waals surface area contributed by atoms with E-state index in [1.807, 2.05) is 32.0 Å². The molecular weight excluding hydrogens is 251 g/mol. The normalized spacial score (nSPS) is 11.2. The van der Waals surface area contributed by atoms with Gasteiger partial charge in [-0.3, -0.25) is 0 Å². The smallest absolute Gasteiger partial charge is 0.131 e. The summed E-state index contributed by atoms with van der Waals surface area (Å²) >= 11 is 0. The Morgan fingerprint density at radius 1 is 1.20 bits per heavy atom. The molecule has 0 unspecified atom stereocenters. The first kappa shape index (κ1) is 14.3. The third-order valence-electron chi connectivity index (χ3n) is 3.46. The summed E-state index contributed by atoms with van der Waals surface area (Å²) in [6.45, 7) is 3.71. The van der Waals surface area contributed by atoms with E-state index in [0.717, 1.165) is 11.1 Å². The summed E-state index contributed by atoms with van der Waals surface area (Å²) in [7, 11) is 0. The minimum atomic E-state index is -0.524. The Morgan fingerprint density at radius 3 is 2.55 bits per heavy atom. The first-order valence-corrected chi connectivity index (χ1v) is 6.46. The van der Waals surface area contributed by atoms with E-state index in [1.165, 1.54) is 6.07 Å². The van der Waals surface area contributed by atoms with E-state index in [4.69, 9.17) is 6.42 Å². The molecule has 102 valence electrons. The van der Waals surface area contributed by atoms with E-state index in [-0.39, 0.29) is 12.4 Å². The molecule has 2 rings (SSSR count). The van der Waals surface area contributed by atoms with Gasteiger partial charge in [-0.05, 0) is 29.3 Å². The summed E-state index contributed by atoms with van der Waals surface area (Å²) in [6.07, 6.45) is 5.40. The summed E-state index contributed by atoms with van der Waals surface area (Å²) in [5, 5.41) is 9.56. The summed E-state index contributed by atoms with van der Waals surface area (Å²) in [6, 6.07) is 12.2. The number of aliphatic hydroxyl groups excluding tert-OH is 1. The maximum Gasteiger partial charge on any atom is 0.131 e. The molecule has 0 radical (unpaired) electrons. The predicted molar refractivity (Wildman–Crippen MR) is 79.9 cm³/mol. The Hall–Kier alpha value is -2.11. The van der Waals surface area contributed by atoms with Gasteiger partial charge in [0, 0.05) is 16.5 Å². The van der Waals surface area contributed by atoms with Crippen molar-refractivity contribution in [1.29, 1.82) is 0 Å². The molecule has 0 heterocycles. The molecule has 0 spiro atoms. The molecule has 0 bridgehead atoms. The fourth-order valence-electron chi connectivity index (χ4n) is 2.23. The molecule has 1 N–H and O–H groups in total. The molecule has 2 aromatic rings. The Kier molecular flexibility index (Phi) is 3.92. The Balaban J connectivity index is 2.70. The first-order valence-electron chi connectivity index (χ1n) is 6.46. The van der Waals surface area contributed by atoms with Crippen molar-refractivity contribution in [2.75, 3.05) is 6.61 Å². The molecule has 0 fully saturated rings. The van der Waals surface area contributed by atoms with Gasteiger partial charge in [0.1, 0.15) is 5.82 Å². The van der Waals surface area contributed by atoms with Crippen molar-refractivity contribution in [1.82, 2.24) is 0 Å². The lowest BCUT2D eigenvalue weighted by Crippen LogP contribution is -2.23. The predicted octanol–water partition coefficient (Wildman–Crippen LogP) is 3.74. The summed E-state index contributed by atoms with van der Waals surface area (Å²) in [5.41, 5.74) is 2.19. The van der Waals surface area contributed by atoms with Gasteiger partial charge in [0.15, 0.2) is 0 Å². The Bertz CT molecular complexity index is 665. The standard InChI is InChI=1S/C18H17FO/c1-4-13-7-5-8-14(11-13)17-15(18(2,3)12-20)9-6-10-16(17)19/h1,5-11,20H,12H2,2-3H3. The van der Waals surface area contributed by atoms with E-state index in [2.05, 4.69) is 5.92 Å². The van der Waals surface area contributed by atoms with Gasteiger partial charge in [0.2, 0.25) is 0 Å². The Morgan fingerprint density at radius 2 is 1.90 bits per heavy atom. The summed E-state index contributed by atoms with van der Waals surface area (Å²) in [4.78, 5) is 0. The summed E-state index contributed by atoms with van der Waals surface area (Å²) in [5.74, 6) is 2.25. The number of rotatable bonds is 3. The van der Waals surface area contributed by atoms with Gasteiger partial charge < -0.3 is 5.11 Å². The van der Waals surface area contributed by atoms with Gasteiger partial charge in [-0.25, -0.2) is 4.39 Å². The van der Waals surface area contributed by atoms with E-state index >= 15 is 0 Å². The van der Waals surface area contributed by atoms with Crippen LogP contribution in [0, 0.1) is 18.2 Å². The van der Waals surface area contributed by atoms with E-state index in [0.29, 0.717) is 11.1 Å². The quantitative estimate of drug-likeness (QED) is 0.841. The zero-order chi connectivity index (χ0) is 14.8. The number of benzene rings is 2. The van der Waals surface area contributed by atoms with Crippen LogP contribution in [0.5, 0.6) is 0 Å². The highest BCUT2D eigenvalue weighted by atomic mass is 19.1. The molecule has 1 nitrogen and oxygen atoms in total. The highest BCUT2D eigenvalue weighted by molar-refractivity contribution is 5.71. The van der Waals surface area contributed by atoms with Gasteiger partial charge >= 0.3 is 0 Å². The largest absolute Gasteiger partial charge is 0.395 e. The second-order valence-electron chi connectivity index (χ2n) is 5.43. The fraction of sp³-hybridized carbons (Fsp3) is 0.222. The highest BCUT2D eigenvalue weighted by Crippen LogP contribution is 2.35. The molecule has 0 saturated heterocycles. The van der Waals surface area contributed by atoms with Crippen LogP contribution in [0.15, 0.2) is 42.5 Å². The second-order valence-corrected chi connectivity index (χ2v) is 5.43. The molecule has 0 aromatic heterocycles. The molecule has 0 aliphatic carbocycles. The monoisotopic (exact) mass is 268 g/mol. The Labute approximate surface area is 119 Å². The number of terminal acetylenes is 1. The zero-order valence-corrected chi connectivity index (χ0v) is 11.7. The SMILES string of the molecule is C#Cc1cccc(-c2c(F)cccc2C(C)(C)CO)c1. The van der Waals surface area contributed by atoms with Crippen LogP contribution in [0.25, 0.3) is 11.1 Å². The third-order valence-corrected chi connectivity index (χ3v) is 3.46. The lowest BCUT2D eigenvalue weighted by Gasteiger charge is -2.26. The van der Waals surface area contributed by atoms with Crippen LogP contribution < -0.4 is 0 Å². The van der Waals surface area contributed by atoms with Gasteiger partial charge in [-0.15, -0.1) is 6.42 Å².